The van der Waals surface area contributed by atoms with Gasteiger partial charge in [-0.15, -0.1) is 0 Å². The van der Waals surface area contributed by atoms with Crippen molar-refractivity contribution in [3.8, 4) is 0 Å². The summed E-state index contributed by atoms with van der Waals surface area (Å²) in [5.74, 6) is 0.834. The van der Waals surface area contributed by atoms with Crippen molar-refractivity contribution < 1.29 is 23.2 Å². The molecule has 104 valence electrons. The summed E-state index contributed by atoms with van der Waals surface area (Å²) in [6, 6.07) is 0. The van der Waals surface area contributed by atoms with Crippen molar-refractivity contribution >= 4 is 7.82 Å². The van der Waals surface area contributed by atoms with Crippen molar-refractivity contribution in [3.63, 3.8) is 0 Å². The molecular weight excluding hydrogens is 243 g/mol. The highest BCUT2D eigenvalue weighted by Gasteiger charge is 2.09. The Morgan fingerprint density at radius 2 is 1.59 bits per heavy atom. The second-order valence-electron chi connectivity index (χ2n) is 4.76. The number of hydrogen-bond acceptors (Lipinski definition) is 5. The van der Waals surface area contributed by atoms with Gasteiger partial charge in [0.25, 0.3) is 7.82 Å². The molecule has 0 rings (SSSR count). The minimum Gasteiger partial charge on any atom is -0.756 e. The van der Waals surface area contributed by atoms with E-state index in [0.717, 1.165) is 0 Å². The topological polar surface area (TPSA) is 67.8 Å². The van der Waals surface area contributed by atoms with Crippen molar-refractivity contribution in [2.24, 2.45) is 11.8 Å². The van der Waals surface area contributed by atoms with Crippen LogP contribution in [0.5, 0.6) is 0 Å². The lowest BCUT2D eigenvalue weighted by molar-refractivity contribution is -0.226. The number of hydrogen-bond donors (Lipinski definition) is 0. The Balaban J connectivity index is 3.53. The summed E-state index contributed by atoms with van der Waals surface area (Å²) < 4.78 is 25.8. The Labute approximate surface area is 104 Å². The van der Waals surface area contributed by atoms with Gasteiger partial charge in [-0.05, 0) is 18.3 Å². The van der Waals surface area contributed by atoms with E-state index in [-0.39, 0.29) is 19.8 Å². The second kappa shape index (κ2) is 9.06. The predicted octanol–water partition coefficient (Wildman–Crippen LogP) is 2.21. The quantitative estimate of drug-likeness (QED) is 0.448. The van der Waals surface area contributed by atoms with Gasteiger partial charge in [-0.25, -0.2) is 0 Å². The first-order valence-electron chi connectivity index (χ1n) is 6.01. The number of rotatable bonds is 10. The second-order valence-corrected chi connectivity index (χ2v) is 6.18. The SMILES string of the molecule is CC(C)CCOP(=O)([O-])OCCOCC(C)C. The van der Waals surface area contributed by atoms with Crippen LogP contribution in [0.4, 0.5) is 0 Å². The molecule has 0 radical (unpaired) electrons. The van der Waals surface area contributed by atoms with Gasteiger partial charge in [0.15, 0.2) is 0 Å². The van der Waals surface area contributed by atoms with E-state index in [1.165, 1.54) is 0 Å². The first-order valence-corrected chi connectivity index (χ1v) is 7.47. The van der Waals surface area contributed by atoms with E-state index in [2.05, 4.69) is 4.52 Å². The van der Waals surface area contributed by atoms with Crippen LogP contribution in [0.15, 0.2) is 0 Å². The first-order chi connectivity index (χ1) is 7.83. The molecule has 0 spiro atoms. The lowest BCUT2D eigenvalue weighted by Gasteiger charge is -2.23. The molecule has 0 aromatic carbocycles. The van der Waals surface area contributed by atoms with Crippen molar-refractivity contribution in [1.82, 2.24) is 0 Å². The fourth-order valence-electron chi connectivity index (χ4n) is 0.965. The van der Waals surface area contributed by atoms with Crippen molar-refractivity contribution in [2.75, 3.05) is 26.4 Å². The molecule has 0 saturated carbocycles. The lowest BCUT2D eigenvalue weighted by Crippen LogP contribution is -2.14. The molecule has 0 aromatic heterocycles. The Morgan fingerprint density at radius 1 is 1.00 bits per heavy atom. The maximum Gasteiger partial charge on any atom is 0.267 e. The molecule has 0 aliphatic rings. The molecule has 0 bridgehead atoms. The van der Waals surface area contributed by atoms with E-state index in [0.29, 0.717) is 24.9 Å². The molecule has 0 fully saturated rings. The fraction of sp³-hybridized carbons (Fsp3) is 1.00. The van der Waals surface area contributed by atoms with Crippen LogP contribution in [0, 0.1) is 11.8 Å². The van der Waals surface area contributed by atoms with Gasteiger partial charge >= 0.3 is 0 Å². The zero-order chi connectivity index (χ0) is 13.3. The molecule has 0 N–H and O–H groups in total. The lowest BCUT2D eigenvalue weighted by atomic mass is 10.2. The van der Waals surface area contributed by atoms with E-state index in [1.807, 2.05) is 27.7 Å². The molecule has 1 atom stereocenters. The van der Waals surface area contributed by atoms with E-state index >= 15 is 0 Å². The average Bonchev–Trinajstić information content (AvgIpc) is 2.15. The minimum absolute atomic E-state index is 0.00910. The predicted molar refractivity (Wildman–Crippen MR) is 64.6 cm³/mol. The number of phosphoric acid groups is 1. The van der Waals surface area contributed by atoms with Crippen LogP contribution in [0.1, 0.15) is 34.1 Å². The van der Waals surface area contributed by atoms with E-state index < -0.39 is 7.82 Å². The summed E-state index contributed by atoms with van der Waals surface area (Å²) in [6.07, 6.45) is 0.694. The Bertz CT molecular complexity index is 230. The van der Waals surface area contributed by atoms with Crippen LogP contribution in [0.25, 0.3) is 0 Å². The Morgan fingerprint density at radius 3 is 2.12 bits per heavy atom. The maximum absolute atomic E-state index is 11.2. The molecule has 1 unspecified atom stereocenters. The van der Waals surface area contributed by atoms with Crippen molar-refractivity contribution in [2.45, 2.75) is 34.1 Å². The zero-order valence-electron chi connectivity index (χ0n) is 11.2. The van der Waals surface area contributed by atoms with Crippen molar-refractivity contribution in [1.29, 1.82) is 0 Å². The molecule has 0 heterocycles. The third kappa shape index (κ3) is 12.3. The highest BCUT2D eigenvalue weighted by atomic mass is 31.2. The average molecular weight is 267 g/mol. The smallest absolute Gasteiger partial charge is 0.267 e. The zero-order valence-corrected chi connectivity index (χ0v) is 12.1. The van der Waals surface area contributed by atoms with Crippen LogP contribution in [0.3, 0.4) is 0 Å². The molecule has 0 amide bonds. The Kier molecular flexibility index (Phi) is 9.10. The number of ether oxygens (including phenoxy) is 1. The highest BCUT2D eigenvalue weighted by molar-refractivity contribution is 7.45. The van der Waals surface area contributed by atoms with Gasteiger partial charge in [-0.3, -0.25) is 4.57 Å². The van der Waals surface area contributed by atoms with E-state index in [9.17, 15) is 9.46 Å². The molecule has 0 saturated heterocycles. The fourth-order valence-corrected chi connectivity index (χ4v) is 1.67. The monoisotopic (exact) mass is 267 g/mol. The van der Waals surface area contributed by atoms with Crippen LogP contribution in [-0.4, -0.2) is 26.4 Å². The van der Waals surface area contributed by atoms with Crippen LogP contribution < -0.4 is 4.89 Å². The molecule has 6 heteroatoms. The van der Waals surface area contributed by atoms with Gasteiger partial charge in [-0.1, -0.05) is 27.7 Å². The summed E-state index contributed by atoms with van der Waals surface area (Å²) in [6.45, 7) is 9.08. The van der Waals surface area contributed by atoms with Gasteiger partial charge in [-0.2, -0.15) is 0 Å². The summed E-state index contributed by atoms with van der Waals surface area (Å²) in [5.41, 5.74) is 0. The van der Waals surface area contributed by atoms with Gasteiger partial charge < -0.3 is 18.7 Å². The van der Waals surface area contributed by atoms with E-state index in [1.54, 1.807) is 0 Å². The molecule has 0 aromatic rings. The normalized spacial score (nSPS) is 15.5. The molecule has 0 aliphatic heterocycles. The van der Waals surface area contributed by atoms with Gasteiger partial charge in [0.1, 0.15) is 0 Å². The summed E-state index contributed by atoms with van der Waals surface area (Å²) in [4.78, 5) is 11.2. The minimum atomic E-state index is -4.14. The first kappa shape index (κ1) is 17.1. The van der Waals surface area contributed by atoms with Gasteiger partial charge in [0.2, 0.25) is 0 Å². The highest BCUT2D eigenvalue weighted by Crippen LogP contribution is 2.38. The Hall–Kier alpha value is 0.0700. The standard InChI is InChI=1S/C11H25O5P/c1-10(2)5-6-15-17(12,13)16-8-7-14-9-11(3)4/h10-11H,5-9H2,1-4H3,(H,12,13)/p-1. The van der Waals surface area contributed by atoms with Crippen LogP contribution in [0.2, 0.25) is 0 Å². The van der Waals surface area contributed by atoms with Crippen LogP contribution >= 0.6 is 7.82 Å². The molecular formula is C11H24O5P-. The maximum atomic E-state index is 11.2. The van der Waals surface area contributed by atoms with Gasteiger partial charge in [0.05, 0.1) is 19.8 Å². The molecule has 5 nitrogen and oxygen atoms in total. The van der Waals surface area contributed by atoms with E-state index in [4.69, 9.17) is 9.26 Å². The summed E-state index contributed by atoms with van der Waals surface area (Å²) >= 11 is 0. The molecule has 0 aliphatic carbocycles. The van der Waals surface area contributed by atoms with Crippen molar-refractivity contribution in [3.05, 3.63) is 0 Å². The third-order valence-corrected chi connectivity index (χ3v) is 2.87. The van der Waals surface area contributed by atoms with Crippen LogP contribution in [-0.2, 0) is 18.3 Å². The van der Waals surface area contributed by atoms with Gasteiger partial charge in [0, 0.05) is 6.61 Å². The summed E-state index contributed by atoms with van der Waals surface area (Å²) in [7, 11) is -4.14. The molecule has 17 heavy (non-hydrogen) atoms. The third-order valence-electron chi connectivity index (χ3n) is 1.87. The largest absolute Gasteiger partial charge is 0.756 e. The number of phosphoric ester groups is 1. The summed E-state index contributed by atoms with van der Waals surface area (Å²) in [5, 5.41) is 0.